The van der Waals surface area contributed by atoms with E-state index in [1.54, 1.807) is 22.7 Å². The number of hydrogen-bond acceptors (Lipinski definition) is 3. The van der Waals surface area contributed by atoms with Crippen LogP contribution in [0.3, 0.4) is 0 Å². The summed E-state index contributed by atoms with van der Waals surface area (Å²) in [5, 5.41) is 9.16. The molecule has 3 N–H and O–H groups in total. The zero-order valence-electron chi connectivity index (χ0n) is 8.30. The van der Waals surface area contributed by atoms with Gasteiger partial charge in [0.1, 0.15) is 10.8 Å². The van der Waals surface area contributed by atoms with Gasteiger partial charge in [-0.05, 0) is 6.07 Å². The maximum Gasteiger partial charge on any atom is 0.305 e. The Hall–Kier alpha value is -1.59. The van der Waals surface area contributed by atoms with Gasteiger partial charge in [-0.25, -0.2) is 4.98 Å². The number of nitrogens with zero attached hydrogens (tertiary/aromatic N) is 2. The smallest absolute Gasteiger partial charge is 0.305 e. The lowest BCUT2D eigenvalue weighted by Gasteiger charge is -2.10. The summed E-state index contributed by atoms with van der Waals surface area (Å²) < 4.78 is 1.67. The molecular formula is C10H10ClN3O2. The summed E-state index contributed by atoms with van der Waals surface area (Å²) in [6, 6.07) is 2.93. The van der Waals surface area contributed by atoms with E-state index in [2.05, 4.69) is 4.98 Å². The van der Waals surface area contributed by atoms with Gasteiger partial charge in [0.2, 0.25) is 0 Å². The number of aromatic nitrogens is 2. The molecule has 0 aromatic carbocycles. The van der Waals surface area contributed by atoms with Crippen LogP contribution in [0.4, 0.5) is 0 Å². The molecule has 84 valence electrons. The van der Waals surface area contributed by atoms with Crippen molar-refractivity contribution in [2.24, 2.45) is 5.73 Å². The molecule has 0 saturated heterocycles. The van der Waals surface area contributed by atoms with E-state index in [1.807, 2.05) is 0 Å². The minimum absolute atomic E-state index is 0.135. The second-order valence-electron chi connectivity index (χ2n) is 3.44. The summed E-state index contributed by atoms with van der Waals surface area (Å²) in [5.41, 5.74) is 7.07. The predicted octanol–water partition coefficient (Wildman–Crippen LogP) is 1.46. The standard InChI is InChI=1S/C10H10ClN3O2/c11-8-5-13-10-6(2-1-3-14(8)10)7(12)4-9(15)16/h1-3,5,7H,4,12H2,(H,15,16). The number of pyridine rings is 1. The van der Waals surface area contributed by atoms with Crippen molar-refractivity contribution in [3.8, 4) is 0 Å². The second-order valence-corrected chi connectivity index (χ2v) is 3.83. The molecular weight excluding hydrogens is 230 g/mol. The topological polar surface area (TPSA) is 80.6 Å². The number of rotatable bonds is 3. The summed E-state index contributed by atoms with van der Waals surface area (Å²) in [5.74, 6) is -0.938. The molecule has 16 heavy (non-hydrogen) atoms. The van der Waals surface area contributed by atoms with Gasteiger partial charge >= 0.3 is 5.97 Å². The molecule has 1 atom stereocenters. The molecule has 0 saturated carbocycles. The maximum atomic E-state index is 10.6. The van der Waals surface area contributed by atoms with E-state index >= 15 is 0 Å². The van der Waals surface area contributed by atoms with E-state index in [1.165, 1.54) is 6.20 Å². The fourth-order valence-corrected chi connectivity index (χ4v) is 1.78. The molecule has 0 radical (unpaired) electrons. The van der Waals surface area contributed by atoms with E-state index in [4.69, 9.17) is 22.4 Å². The minimum atomic E-state index is -0.938. The van der Waals surface area contributed by atoms with E-state index in [-0.39, 0.29) is 6.42 Å². The first kappa shape index (κ1) is 10.9. The average Bonchev–Trinajstić information content (AvgIpc) is 2.59. The third kappa shape index (κ3) is 1.87. The van der Waals surface area contributed by atoms with Crippen LogP contribution in [0, 0.1) is 0 Å². The van der Waals surface area contributed by atoms with Gasteiger partial charge in [0, 0.05) is 17.8 Å². The number of hydrogen-bond donors (Lipinski definition) is 2. The molecule has 0 amide bonds. The summed E-state index contributed by atoms with van der Waals surface area (Å²) in [7, 11) is 0. The largest absolute Gasteiger partial charge is 0.481 e. The molecule has 0 aliphatic carbocycles. The van der Waals surface area contributed by atoms with Crippen LogP contribution in [0.5, 0.6) is 0 Å². The molecule has 1 unspecified atom stereocenters. The quantitative estimate of drug-likeness (QED) is 0.850. The summed E-state index contributed by atoms with van der Waals surface area (Å²) >= 11 is 5.90. The number of imidazole rings is 1. The maximum absolute atomic E-state index is 10.6. The fourth-order valence-electron chi connectivity index (χ4n) is 1.59. The number of carbonyl (C=O) groups is 1. The first-order valence-corrected chi connectivity index (χ1v) is 5.06. The second kappa shape index (κ2) is 4.11. The van der Waals surface area contributed by atoms with Crippen molar-refractivity contribution in [1.82, 2.24) is 9.38 Å². The summed E-state index contributed by atoms with van der Waals surface area (Å²) in [6.45, 7) is 0. The minimum Gasteiger partial charge on any atom is -0.481 e. The highest BCUT2D eigenvalue weighted by molar-refractivity contribution is 6.29. The molecule has 2 aromatic rings. The number of halogens is 1. The molecule has 0 spiro atoms. The van der Waals surface area contributed by atoms with Gasteiger partial charge in [-0.2, -0.15) is 0 Å². The Bertz CT molecular complexity index is 538. The highest BCUT2D eigenvalue weighted by atomic mass is 35.5. The molecule has 0 aliphatic heterocycles. The zero-order chi connectivity index (χ0) is 11.7. The van der Waals surface area contributed by atoms with Gasteiger partial charge in [0.05, 0.1) is 12.6 Å². The van der Waals surface area contributed by atoms with Crippen molar-refractivity contribution < 1.29 is 9.90 Å². The Kier molecular flexibility index (Phi) is 2.80. The van der Waals surface area contributed by atoms with E-state index in [0.29, 0.717) is 16.4 Å². The monoisotopic (exact) mass is 239 g/mol. The van der Waals surface area contributed by atoms with Crippen LogP contribution < -0.4 is 5.73 Å². The Morgan fingerprint density at radius 2 is 2.44 bits per heavy atom. The molecule has 0 aliphatic rings. The van der Waals surface area contributed by atoms with Gasteiger partial charge in [-0.3, -0.25) is 9.20 Å². The SMILES string of the molecule is NC(CC(=O)O)c1cccn2c(Cl)cnc12. The Morgan fingerprint density at radius 1 is 1.69 bits per heavy atom. The normalized spacial score (nSPS) is 12.9. The lowest BCUT2D eigenvalue weighted by Crippen LogP contribution is -2.16. The number of aliphatic carboxylic acids is 1. The van der Waals surface area contributed by atoms with E-state index in [9.17, 15) is 4.79 Å². The van der Waals surface area contributed by atoms with Crippen LogP contribution in [0.25, 0.3) is 5.65 Å². The van der Waals surface area contributed by atoms with Crippen molar-refractivity contribution in [1.29, 1.82) is 0 Å². The van der Waals surface area contributed by atoms with Crippen LogP contribution in [0.2, 0.25) is 5.15 Å². The van der Waals surface area contributed by atoms with Crippen LogP contribution in [-0.4, -0.2) is 20.5 Å². The molecule has 2 heterocycles. The van der Waals surface area contributed by atoms with Gasteiger partial charge in [-0.1, -0.05) is 17.7 Å². The Labute approximate surface area is 96.5 Å². The van der Waals surface area contributed by atoms with Crippen LogP contribution >= 0.6 is 11.6 Å². The van der Waals surface area contributed by atoms with Gasteiger partial charge < -0.3 is 10.8 Å². The first-order chi connectivity index (χ1) is 7.59. The van der Waals surface area contributed by atoms with Crippen molar-refractivity contribution in [3.05, 3.63) is 35.2 Å². The van der Waals surface area contributed by atoms with E-state index in [0.717, 1.165) is 0 Å². The lowest BCUT2D eigenvalue weighted by molar-refractivity contribution is -0.137. The zero-order valence-corrected chi connectivity index (χ0v) is 9.05. The Balaban J connectivity index is 2.48. The van der Waals surface area contributed by atoms with Crippen molar-refractivity contribution in [2.75, 3.05) is 0 Å². The fraction of sp³-hybridized carbons (Fsp3) is 0.200. The number of nitrogens with two attached hydrogens (primary N) is 1. The molecule has 2 rings (SSSR count). The first-order valence-electron chi connectivity index (χ1n) is 4.68. The van der Waals surface area contributed by atoms with Crippen LogP contribution in [0.1, 0.15) is 18.0 Å². The Morgan fingerprint density at radius 3 is 3.12 bits per heavy atom. The molecule has 5 nitrogen and oxygen atoms in total. The van der Waals surface area contributed by atoms with Crippen molar-refractivity contribution in [2.45, 2.75) is 12.5 Å². The van der Waals surface area contributed by atoms with Crippen LogP contribution in [-0.2, 0) is 4.79 Å². The predicted molar refractivity (Wildman–Crippen MR) is 59.4 cm³/mol. The third-order valence-corrected chi connectivity index (χ3v) is 2.59. The highest BCUT2D eigenvalue weighted by Gasteiger charge is 2.15. The van der Waals surface area contributed by atoms with Gasteiger partial charge in [0.25, 0.3) is 0 Å². The molecule has 0 bridgehead atoms. The van der Waals surface area contributed by atoms with Gasteiger partial charge in [-0.15, -0.1) is 0 Å². The van der Waals surface area contributed by atoms with E-state index < -0.39 is 12.0 Å². The van der Waals surface area contributed by atoms with Crippen molar-refractivity contribution in [3.63, 3.8) is 0 Å². The summed E-state index contributed by atoms with van der Waals surface area (Å²) in [4.78, 5) is 14.7. The van der Waals surface area contributed by atoms with Crippen LogP contribution in [0.15, 0.2) is 24.5 Å². The number of fused-ring (bicyclic) bond motifs is 1. The summed E-state index contributed by atoms with van der Waals surface area (Å²) in [6.07, 6.45) is 3.12. The highest BCUT2D eigenvalue weighted by Crippen LogP contribution is 2.21. The molecule has 0 fully saturated rings. The number of carboxylic acids is 1. The van der Waals surface area contributed by atoms with Crippen molar-refractivity contribution >= 4 is 23.2 Å². The lowest BCUT2D eigenvalue weighted by atomic mass is 10.1. The molecule has 6 heteroatoms. The molecule has 2 aromatic heterocycles. The number of carboxylic acid groups (broad SMARTS) is 1. The average molecular weight is 240 g/mol. The van der Waals surface area contributed by atoms with Gasteiger partial charge in [0.15, 0.2) is 0 Å². The third-order valence-electron chi connectivity index (χ3n) is 2.31.